The van der Waals surface area contributed by atoms with Gasteiger partial charge in [0, 0.05) is 6.04 Å². The minimum atomic E-state index is 0.791. The van der Waals surface area contributed by atoms with Crippen LogP contribution >= 0.6 is 0 Å². The maximum atomic E-state index is 3.87. The van der Waals surface area contributed by atoms with Crippen LogP contribution in [0.25, 0.3) is 0 Å². The zero-order chi connectivity index (χ0) is 14.1. The van der Waals surface area contributed by atoms with Crippen molar-refractivity contribution >= 4 is 0 Å². The normalized spacial score (nSPS) is 27.9. The molecule has 0 spiro atoms. The molecule has 1 fully saturated rings. The predicted octanol–water partition coefficient (Wildman–Crippen LogP) is 5.40. The molecule has 0 aromatic rings. The van der Waals surface area contributed by atoms with Crippen LogP contribution in [0, 0.1) is 17.8 Å². The van der Waals surface area contributed by atoms with Crippen molar-refractivity contribution in [2.75, 3.05) is 6.54 Å². The monoisotopic (exact) mass is 267 g/mol. The molecule has 0 radical (unpaired) electrons. The lowest BCUT2D eigenvalue weighted by molar-refractivity contribution is 0.170. The second-order valence-electron chi connectivity index (χ2n) is 7.15. The van der Waals surface area contributed by atoms with Crippen molar-refractivity contribution in [1.29, 1.82) is 0 Å². The molecule has 1 rings (SSSR count). The largest absolute Gasteiger partial charge is 0.314 e. The van der Waals surface area contributed by atoms with Gasteiger partial charge in [-0.1, -0.05) is 66.2 Å². The number of unbranched alkanes of at least 4 members (excludes halogenated alkanes) is 5. The first-order valence-electron chi connectivity index (χ1n) is 8.88. The molecule has 1 nitrogen and oxygen atoms in total. The fourth-order valence-corrected chi connectivity index (χ4v) is 3.63. The number of rotatable bonds is 9. The summed E-state index contributed by atoms with van der Waals surface area (Å²) in [6.45, 7) is 10.8. The molecule has 0 aromatic carbocycles. The molecule has 0 bridgehead atoms. The standard InChI is InChI=1S/C18H37N/c1-5-6-7-8-9-10-13-19-18-14-16(4)11-12-17(18)15(2)3/h15-19H,5-14H2,1-4H3. The summed E-state index contributed by atoms with van der Waals surface area (Å²) in [7, 11) is 0. The molecule has 1 heteroatoms. The van der Waals surface area contributed by atoms with Gasteiger partial charge in [0.1, 0.15) is 0 Å². The lowest BCUT2D eigenvalue weighted by atomic mass is 9.74. The molecular formula is C18H37N. The highest BCUT2D eigenvalue weighted by Gasteiger charge is 2.29. The van der Waals surface area contributed by atoms with Crippen molar-refractivity contribution in [1.82, 2.24) is 5.32 Å². The first kappa shape index (κ1) is 17.0. The van der Waals surface area contributed by atoms with Crippen molar-refractivity contribution in [3.63, 3.8) is 0 Å². The first-order chi connectivity index (χ1) is 9.15. The molecule has 3 unspecified atom stereocenters. The summed E-state index contributed by atoms with van der Waals surface area (Å²) in [4.78, 5) is 0. The van der Waals surface area contributed by atoms with Gasteiger partial charge in [0.2, 0.25) is 0 Å². The van der Waals surface area contributed by atoms with Crippen molar-refractivity contribution in [3.8, 4) is 0 Å². The molecule has 114 valence electrons. The highest BCUT2D eigenvalue weighted by Crippen LogP contribution is 2.33. The van der Waals surface area contributed by atoms with Gasteiger partial charge in [-0.25, -0.2) is 0 Å². The van der Waals surface area contributed by atoms with E-state index in [0.29, 0.717) is 0 Å². The fourth-order valence-electron chi connectivity index (χ4n) is 3.63. The minimum absolute atomic E-state index is 0.791. The van der Waals surface area contributed by atoms with Gasteiger partial charge in [0.25, 0.3) is 0 Å². The van der Waals surface area contributed by atoms with Gasteiger partial charge in [-0.05, 0) is 43.6 Å². The molecule has 0 aliphatic heterocycles. The summed E-state index contributed by atoms with van der Waals surface area (Å²) >= 11 is 0. The smallest absolute Gasteiger partial charge is 0.0100 e. The first-order valence-corrected chi connectivity index (χ1v) is 8.88. The van der Waals surface area contributed by atoms with Crippen LogP contribution in [0.2, 0.25) is 0 Å². The molecule has 1 N–H and O–H groups in total. The molecule has 0 heterocycles. The molecule has 1 aliphatic carbocycles. The Morgan fingerprint density at radius 2 is 1.68 bits per heavy atom. The van der Waals surface area contributed by atoms with Crippen LogP contribution < -0.4 is 5.32 Å². The molecular weight excluding hydrogens is 230 g/mol. The zero-order valence-electron chi connectivity index (χ0n) is 13.9. The summed E-state index contributed by atoms with van der Waals surface area (Å²) in [6, 6.07) is 0.791. The van der Waals surface area contributed by atoms with Gasteiger partial charge in [0.15, 0.2) is 0 Å². The highest BCUT2D eigenvalue weighted by atomic mass is 14.9. The van der Waals surface area contributed by atoms with Gasteiger partial charge < -0.3 is 5.32 Å². The predicted molar refractivity (Wildman–Crippen MR) is 86.5 cm³/mol. The average molecular weight is 268 g/mol. The van der Waals surface area contributed by atoms with Crippen molar-refractivity contribution in [2.24, 2.45) is 17.8 Å². The zero-order valence-corrected chi connectivity index (χ0v) is 13.9. The Morgan fingerprint density at radius 1 is 1.00 bits per heavy atom. The summed E-state index contributed by atoms with van der Waals surface area (Å²) in [5.41, 5.74) is 0. The van der Waals surface area contributed by atoms with E-state index in [2.05, 4.69) is 33.0 Å². The third-order valence-corrected chi connectivity index (χ3v) is 4.96. The third-order valence-electron chi connectivity index (χ3n) is 4.96. The SMILES string of the molecule is CCCCCCCCNC1CC(C)CCC1C(C)C. The Bertz CT molecular complexity index is 212. The van der Waals surface area contributed by atoms with Gasteiger partial charge in [-0.2, -0.15) is 0 Å². The lowest BCUT2D eigenvalue weighted by Crippen LogP contribution is -2.43. The van der Waals surface area contributed by atoms with Crippen LogP contribution in [0.1, 0.15) is 85.5 Å². The molecule has 3 atom stereocenters. The summed E-state index contributed by atoms with van der Waals surface area (Å²) in [5, 5.41) is 3.87. The second kappa shape index (κ2) is 9.80. The maximum Gasteiger partial charge on any atom is 0.0100 e. The van der Waals surface area contributed by atoms with E-state index in [4.69, 9.17) is 0 Å². The number of hydrogen-bond acceptors (Lipinski definition) is 1. The van der Waals surface area contributed by atoms with Gasteiger partial charge in [0.05, 0.1) is 0 Å². The lowest BCUT2D eigenvalue weighted by Gasteiger charge is -2.38. The van der Waals surface area contributed by atoms with Crippen molar-refractivity contribution in [3.05, 3.63) is 0 Å². The second-order valence-corrected chi connectivity index (χ2v) is 7.15. The molecule has 0 aromatic heterocycles. The van der Waals surface area contributed by atoms with Crippen molar-refractivity contribution < 1.29 is 0 Å². The number of nitrogens with one attached hydrogen (secondary N) is 1. The minimum Gasteiger partial charge on any atom is -0.314 e. The van der Waals surface area contributed by atoms with Gasteiger partial charge in [-0.3, -0.25) is 0 Å². The Labute approximate surface area is 121 Å². The Balaban J connectivity index is 2.14. The van der Waals surface area contributed by atoms with Crippen LogP contribution in [0.4, 0.5) is 0 Å². The van der Waals surface area contributed by atoms with Gasteiger partial charge in [-0.15, -0.1) is 0 Å². The van der Waals surface area contributed by atoms with E-state index in [1.54, 1.807) is 0 Å². The molecule has 0 amide bonds. The van der Waals surface area contributed by atoms with E-state index >= 15 is 0 Å². The Hall–Kier alpha value is -0.0400. The van der Waals surface area contributed by atoms with E-state index in [1.165, 1.54) is 64.3 Å². The van der Waals surface area contributed by atoms with E-state index < -0.39 is 0 Å². The topological polar surface area (TPSA) is 12.0 Å². The van der Waals surface area contributed by atoms with Crippen LogP contribution in [-0.2, 0) is 0 Å². The van der Waals surface area contributed by atoms with Crippen LogP contribution in [0.15, 0.2) is 0 Å². The molecule has 1 saturated carbocycles. The molecule has 0 saturated heterocycles. The van der Waals surface area contributed by atoms with Crippen molar-refractivity contribution in [2.45, 2.75) is 91.5 Å². The number of hydrogen-bond donors (Lipinski definition) is 1. The van der Waals surface area contributed by atoms with E-state index in [9.17, 15) is 0 Å². The summed E-state index contributed by atoms with van der Waals surface area (Å²) in [5.74, 6) is 2.68. The quantitative estimate of drug-likeness (QED) is 0.552. The Kier molecular flexibility index (Phi) is 8.77. The molecule has 1 aliphatic rings. The fraction of sp³-hybridized carbons (Fsp3) is 1.00. The summed E-state index contributed by atoms with van der Waals surface area (Å²) < 4.78 is 0. The van der Waals surface area contributed by atoms with Crippen LogP contribution in [0.5, 0.6) is 0 Å². The van der Waals surface area contributed by atoms with E-state index in [-0.39, 0.29) is 0 Å². The Morgan fingerprint density at radius 3 is 2.37 bits per heavy atom. The average Bonchev–Trinajstić information content (AvgIpc) is 2.37. The third kappa shape index (κ3) is 6.79. The van der Waals surface area contributed by atoms with Crippen LogP contribution in [-0.4, -0.2) is 12.6 Å². The maximum absolute atomic E-state index is 3.87. The van der Waals surface area contributed by atoms with Gasteiger partial charge >= 0.3 is 0 Å². The van der Waals surface area contributed by atoms with Crippen LogP contribution in [0.3, 0.4) is 0 Å². The highest BCUT2D eigenvalue weighted by molar-refractivity contribution is 4.85. The summed E-state index contributed by atoms with van der Waals surface area (Å²) in [6.07, 6.45) is 12.7. The van der Waals surface area contributed by atoms with E-state index in [1.807, 2.05) is 0 Å². The molecule has 19 heavy (non-hydrogen) atoms. The van der Waals surface area contributed by atoms with E-state index in [0.717, 1.165) is 23.8 Å².